The van der Waals surface area contributed by atoms with Crippen molar-refractivity contribution in [2.24, 2.45) is 0 Å². The number of hydrogen-bond donors (Lipinski definition) is 3. The van der Waals surface area contributed by atoms with Gasteiger partial charge in [0.25, 0.3) is 0 Å². The van der Waals surface area contributed by atoms with Crippen molar-refractivity contribution in [2.75, 3.05) is 24.6 Å². The molecular weight excluding hydrogens is 324 g/mol. The number of nitrogens with two attached hydrogens (primary N) is 1. The highest BCUT2D eigenvalue weighted by atomic mass is 127. The van der Waals surface area contributed by atoms with Crippen LogP contribution in [0.5, 0.6) is 0 Å². The van der Waals surface area contributed by atoms with Crippen molar-refractivity contribution in [2.45, 2.75) is 6.42 Å². The van der Waals surface area contributed by atoms with Crippen LogP contribution in [0.2, 0.25) is 0 Å². The van der Waals surface area contributed by atoms with E-state index in [-0.39, 0.29) is 11.7 Å². The summed E-state index contributed by atoms with van der Waals surface area (Å²) in [5.41, 5.74) is 6.70. The minimum atomic E-state index is -0.322. The van der Waals surface area contributed by atoms with Crippen LogP contribution in [0.15, 0.2) is 12.1 Å². The third-order valence-corrected chi connectivity index (χ3v) is 2.87. The van der Waals surface area contributed by atoms with Gasteiger partial charge in [0.1, 0.15) is 5.82 Å². The molecule has 0 spiro atoms. The fraction of sp³-hybridized carbons (Fsp3) is 0.300. The molecule has 1 aromatic carbocycles. The van der Waals surface area contributed by atoms with Crippen LogP contribution in [0, 0.1) is 9.39 Å². The Hall–Kier alpha value is -1.05. The Morgan fingerprint density at radius 3 is 2.88 bits per heavy atom. The van der Waals surface area contributed by atoms with Gasteiger partial charge in [-0.15, -0.1) is 0 Å². The van der Waals surface area contributed by atoms with Crippen LogP contribution in [0.25, 0.3) is 0 Å². The number of carbonyl (C=O) groups is 1. The van der Waals surface area contributed by atoms with E-state index in [4.69, 9.17) is 5.73 Å². The quantitative estimate of drug-likeness (QED) is 0.577. The number of carbonyl (C=O) groups excluding carboxylic acids is 1. The molecule has 0 saturated heterocycles. The van der Waals surface area contributed by atoms with Gasteiger partial charge in [0.15, 0.2) is 0 Å². The Balaban J connectivity index is 2.60. The molecule has 0 saturated carbocycles. The van der Waals surface area contributed by atoms with E-state index in [9.17, 15) is 9.18 Å². The summed E-state index contributed by atoms with van der Waals surface area (Å²) in [6.45, 7) is 0.421. The Morgan fingerprint density at radius 2 is 2.25 bits per heavy atom. The summed E-state index contributed by atoms with van der Waals surface area (Å²) >= 11 is 1.87. The fourth-order valence-electron chi connectivity index (χ4n) is 1.15. The number of hydrogen-bond acceptors (Lipinski definition) is 3. The maximum atomic E-state index is 13.2. The number of amides is 1. The average Bonchev–Trinajstić information content (AvgIpc) is 2.25. The molecule has 0 aliphatic rings. The number of rotatable bonds is 4. The summed E-state index contributed by atoms with van der Waals surface area (Å²) in [5.74, 6) is -0.394. The summed E-state index contributed by atoms with van der Waals surface area (Å²) in [6.07, 6.45) is 0.323. The second-order valence-electron chi connectivity index (χ2n) is 3.20. The molecule has 1 aromatic rings. The van der Waals surface area contributed by atoms with Crippen LogP contribution in [0.4, 0.5) is 15.8 Å². The fourth-order valence-corrected chi connectivity index (χ4v) is 1.64. The monoisotopic (exact) mass is 337 g/mol. The minimum Gasteiger partial charge on any atom is -0.397 e. The molecule has 0 aromatic heterocycles. The first-order valence-electron chi connectivity index (χ1n) is 4.73. The summed E-state index contributed by atoms with van der Waals surface area (Å²) in [4.78, 5) is 11.0. The highest BCUT2D eigenvalue weighted by Crippen LogP contribution is 2.23. The molecule has 0 unspecified atom stereocenters. The van der Waals surface area contributed by atoms with Gasteiger partial charge in [0.2, 0.25) is 5.91 Å². The molecule has 0 atom stereocenters. The zero-order valence-electron chi connectivity index (χ0n) is 8.81. The normalized spacial score (nSPS) is 9.94. The number of nitrogen functional groups attached to an aromatic ring is 1. The molecule has 0 heterocycles. The third-order valence-electron chi connectivity index (χ3n) is 2.04. The summed E-state index contributed by atoms with van der Waals surface area (Å²) in [5, 5.41) is 5.42. The molecule has 1 rings (SSSR count). The van der Waals surface area contributed by atoms with Crippen LogP contribution in [-0.4, -0.2) is 19.5 Å². The van der Waals surface area contributed by atoms with Gasteiger partial charge >= 0.3 is 0 Å². The zero-order valence-corrected chi connectivity index (χ0v) is 11.0. The van der Waals surface area contributed by atoms with E-state index < -0.39 is 0 Å². The van der Waals surface area contributed by atoms with Crippen molar-refractivity contribution in [1.82, 2.24) is 5.32 Å². The Morgan fingerprint density at radius 1 is 1.56 bits per heavy atom. The highest BCUT2D eigenvalue weighted by molar-refractivity contribution is 14.1. The first-order chi connectivity index (χ1) is 7.54. The average molecular weight is 337 g/mol. The van der Waals surface area contributed by atoms with E-state index in [1.807, 2.05) is 22.6 Å². The molecule has 0 aliphatic carbocycles. The van der Waals surface area contributed by atoms with E-state index in [0.29, 0.717) is 27.9 Å². The largest absolute Gasteiger partial charge is 0.397 e. The molecule has 1 amide bonds. The number of anilines is 2. The van der Waals surface area contributed by atoms with Crippen molar-refractivity contribution >= 4 is 39.9 Å². The van der Waals surface area contributed by atoms with Crippen LogP contribution in [-0.2, 0) is 4.79 Å². The Kier molecular flexibility index (Phi) is 4.78. The predicted molar refractivity (Wildman–Crippen MR) is 70.7 cm³/mol. The molecule has 0 bridgehead atoms. The Labute approximate surface area is 107 Å². The van der Waals surface area contributed by atoms with Crippen molar-refractivity contribution < 1.29 is 9.18 Å². The molecule has 0 aliphatic heterocycles. The highest BCUT2D eigenvalue weighted by Gasteiger charge is 2.06. The van der Waals surface area contributed by atoms with E-state index in [0.717, 1.165) is 0 Å². The lowest BCUT2D eigenvalue weighted by molar-refractivity contribution is -0.120. The second kappa shape index (κ2) is 5.88. The molecule has 4 nitrogen and oxygen atoms in total. The number of halogens is 2. The standard InChI is InChI=1S/C10H13FIN3O/c1-14-10(16)2-3-15-9-4-6(11)7(12)5-8(9)13/h4-5,15H,2-3,13H2,1H3,(H,14,16). The second-order valence-corrected chi connectivity index (χ2v) is 4.37. The van der Waals surface area contributed by atoms with E-state index in [1.54, 1.807) is 13.1 Å². The van der Waals surface area contributed by atoms with E-state index in [1.165, 1.54) is 6.07 Å². The van der Waals surface area contributed by atoms with Gasteiger partial charge in [-0.05, 0) is 28.7 Å². The first-order valence-corrected chi connectivity index (χ1v) is 5.81. The van der Waals surface area contributed by atoms with Crippen LogP contribution in [0.3, 0.4) is 0 Å². The first kappa shape index (κ1) is 13.0. The van der Waals surface area contributed by atoms with Gasteiger partial charge in [-0.2, -0.15) is 0 Å². The predicted octanol–water partition coefficient (Wildman–Crippen LogP) is 1.56. The van der Waals surface area contributed by atoms with Crippen LogP contribution in [0.1, 0.15) is 6.42 Å². The topological polar surface area (TPSA) is 67.2 Å². The molecular formula is C10H13FIN3O. The van der Waals surface area contributed by atoms with Crippen LogP contribution < -0.4 is 16.4 Å². The van der Waals surface area contributed by atoms with Crippen molar-refractivity contribution in [1.29, 1.82) is 0 Å². The maximum Gasteiger partial charge on any atom is 0.221 e. The van der Waals surface area contributed by atoms with Crippen LogP contribution >= 0.6 is 22.6 Å². The van der Waals surface area contributed by atoms with E-state index >= 15 is 0 Å². The zero-order chi connectivity index (χ0) is 12.1. The summed E-state index contributed by atoms with van der Waals surface area (Å²) in [7, 11) is 1.57. The van der Waals surface area contributed by atoms with Gasteiger partial charge in [-0.1, -0.05) is 0 Å². The maximum absolute atomic E-state index is 13.2. The van der Waals surface area contributed by atoms with Crippen molar-refractivity contribution in [3.8, 4) is 0 Å². The molecule has 6 heteroatoms. The van der Waals surface area contributed by atoms with Gasteiger partial charge in [0.05, 0.1) is 14.9 Å². The number of benzene rings is 1. The lowest BCUT2D eigenvalue weighted by atomic mass is 10.2. The SMILES string of the molecule is CNC(=O)CCNc1cc(F)c(I)cc1N. The van der Waals surface area contributed by atoms with Gasteiger partial charge in [0, 0.05) is 26.1 Å². The number of nitrogens with one attached hydrogen (secondary N) is 2. The Bertz CT molecular complexity index is 398. The third kappa shape index (κ3) is 3.51. The summed E-state index contributed by atoms with van der Waals surface area (Å²) in [6, 6.07) is 2.89. The van der Waals surface area contributed by atoms with Crippen molar-refractivity contribution in [3.05, 3.63) is 21.5 Å². The lowest BCUT2D eigenvalue weighted by Crippen LogP contribution is -2.21. The molecule has 4 N–H and O–H groups in total. The van der Waals surface area contributed by atoms with Gasteiger partial charge < -0.3 is 16.4 Å². The molecule has 88 valence electrons. The van der Waals surface area contributed by atoms with Gasteiger partial charge in [-0.3, -0.25) is 4.79 Å². The molecule has 0 fully saturated rings. The molecule has 0 radical (unpaired) electrons. The lowest BCUT2D eigenvalue weighted by Gasteiger charge is -2.09. The smallest absolute Gasteiger partial charge is 0.221 e. The van der Waals surface area contributed by atoms with E-state index in [2.05, 4.69) is 10.6 Å². The van der Waals surface area contributed by atoms with Gasteiger partial charge in [-0.25, -0.2) is 4.39 Å². The minimum absolute atomic E-state index is 0.0722. The molecule has 16 heavy (non-hydrogen) atoms. The summed E-state index contributed by atoms with van der Waals surface area (Å²) < 4.78 is 13.7. The van der Waals surface area contributed by atoms with Crippen molar-refractivity contribution in [3.63, 3.8) is 0 Å².